The van der Waals surface area contributed by atoms with Gasteiger partial charge >= 0.3 is 24.1 Å². The second-order valence-electron chi connectivity index (χ2n) is 7.90. The number of anilines is 2. The maximum Gasteiger partial charge on any atom is 0.427 e. The van der Waals surface area contributed by atoms with E-state index in [1.54, 1.807) is 30.3 Å². The van der Waals surface area contributed by atoms with Gasteiger partial charge in [-0.05, 0) is 29.8 Å². The maximum atomic E-state index is 13.5. The summed E-state index contributed by atoms with van der Waals surface area (Å²) in [4.78, 5) is 74.1. The molecule has 0 radical (unpaired) electrons. The third kappa shape index (κ3) is 9.44. The Morgan fingerprint density at radius 2 is 1.60 bits per heavy atom. The number of aliphatic carboxylic acids is 1. The summed E-state index contributed by atoms with van der Waals surface area (Å²) >= 11 is 0. The lowest BCUT2D eigenvalue weighted by Gasteiger charge is -2.33. The minimum absolute atomic E-state index is 0.119. The van der Waals surface area contributed by atoms with Crippen molar-refractivity contribution in [1.82, 2.24) is 16.1 Å². The molecule has 40 heavy (non-hydrogen) atoms. The van der Waals surface area contributed by atoms with Gasteiger partial charge in [-0.2, -0.15) is 5.10 Å². The van der Waals surface area contributed by atoms with Gasteiger partial charge in [0.25, 0.3) is 5.91 Å². The first-order chi connectivity index (χ1) is 19.0. The minimum atomic E-state index is -1.75. The van der Waals surface area contributed by atoms with Crippen molar-refractivity contribution in [2.75, 3.05) is 24.4 Å². The Kier molecular flexibility index (Phi) is 11.6. The van der Waals surface area contributed by atoms with Crippen LogP contribution >= 0.6 is 0 Å². The zero-order valence-corrected chi connectivity index (χ0v) is 21.7. The predicted molar refractivity (Wildman–Crippen MR) is 141 cm³/mol. The van der Waals surface area contributed by atoms with Crippen LogP contribution in [0.15, 0.2) is 59.7 Å². The molecule has 212 valence electrons. The lowest BCUT2D eigenvalue weighted by atomic mass is 10.1. The third-order valence-corrected chi connectivity index (χ3v) is 5.00. The van der Waals surface area contributed by atoms with Gasteiger partial charge in [-0.1, -0.05) is 30.3 Å². The molecule has 0 aliphatic rings. The number of hydrogen-bond acceptors (Lipinski definition) is 9. The van der Waals surface area contributed by atoms with E-state index in [1.807, 2.05) is 0 Å². The number of carboxylic acids is 1. The standard InChI is InChI=1S/C25H28N6O9/c1-15(32)27-19(13-20(33)34)22(35)31(18-7-5-4-6-8-18)21(23(36)39-2)29-24(37)28-17-11-9-16(10-12-17)14-26-30-25(38)40-3/h4-12,14,19,21H,13H2,1-3H3,(H,27,32)(H,30,38)(H,33,34)(H2,28,29,37)/t19-,21+/m0/s1. The summed E-state index contributed by atoms with van der Waals surface area (Å²) < 4.78 is 9.20. The number of nitrogens with zero attached hydrogens (tertiary/aromatic N) is 2. The van der Waals surface area contributed by atoms with Gasteiger partial charge in [0, 0.05) is 18.3 Å². The Balaban J connectivity index is 2.31. The number of esters is 1. The summed E-state index contributed by atoms with van der Waals surface area (Å²) in [6, 6.07) is 11.3. The van der Waals surface area contributed by atoms with Gasteiger partial charge in [-0.3, -0.25) is 19.3 Å². The molecule has 0 aliphatic carbocycles. The van der Waals surface area contributed by atoms with E-state index in [1.165, 1.54) is 37.6 Å². The zero-order chi connectivity index (χ0) is 29.7. The van der Waals surface area contributed by atoms with Crippen LogP contribution in [0.25, 0.3) is 0 Å². The van der Waals surface area contributed by atoms with Gasteiger partial charge in [-0.25, -0.2) is 19.8 Å². The van der Waals surface area contributed by atoms with E-state index in [2.05, 4.69) is 31.2 Å². The molecule has 2 rings (SSSR count). The Morgan fingerprint density at radius 3 is 2.15 bits per heavy atom. The maximum absolute atomic E-state index is 13.5. The number of hydrogen-bond donors (Lipinski definition) is 5. The summed E-state index contributed by atoms with van der Waals surface area (Å²) in [5.41, 5.74) is 3.10. The summed E-state index contributed by atoms with van der Waals surface area (Å²) in [7, 11) is 2.23. The molecule has 15 nitrogen and oxygen atoms in total. The average molecular weight is 557 g/mol. The van der Waals surface area contributed by atoms with Gasteiger partial charge in [-0.15, -0.1) is 0 Å². The number of methoxy groups -OCH3 is 2. The van der Waals surface area contributed by atoms with Gasteiger partial charge in [0.2, 0.25) is 12.1 Å². The van der Waals surface area contributed by atoms with Crippen LogP contribution < -0.4 is 26.3 Å². The third-order valence-electron chi connectivity index (χ3n) is 5.00. The van der Waals surface area contributed by atoms with Gasteiger partial charge < -0.3 is 30.5 Å². The fraction of sp³-hybridized carbons (Fsp3) is 0.240. The molecule has 15 heteroatoms. The number of hydrazone groups is 1. The Morgan fingerprint density at radius 1 is 0.950 bits per heavy atom. The van der Waals surface area contributed by atoms with Gasteiger partial charge in [0.15, 0.2) is 0 Å². The number of carboxylic acid groups (broad SMARTS) is 1. The van der Waals surface area contributed by atoms with Crippen LogP contribution in [0.1, 0.15) is 18.9 Å². The number of rotatable bonds is 11. The lowest BCUT2D eigenvalue weighted by Crippen LogP contribution is -2.61. The Hall–Kier alpha value is -5.47. The van der Waals surface area contributed by atoms with Crippen LogP contribution in [-0.4, -0.2) is 73.6 Å². The van der Waals surface area contributed by atoms with Crippen LogP contribution in [0.3, 0.4) is 0 Å². The highest BCUT2D eigenvalue weighted by molar-refractivity contribution is 6.06. The first-order valence-electron chi connectivity index (χ1n) is 11.5. The number of urea groups is 1. The summed E-state index contributed by atoms with van der Waals surface area (Å²) in [5, 5.41) is 20.1. The molecule has 0 saturated heterocycles. The number of carbonyl (C=O) groups excluding carboxylic acids is 5. The fourth-order valence-corrected chi connectivity index (χ4v) is 3.27. The van der Waals surface area contributed by atoms with Crippen LogP contribution in [-0.2, 0) is 28.7 Å². The van der Waals surface area contributed by atoms with Crippen molar-refractivity contribution < 1.29 is 43.3 Å². The molecule has 0 bridgehead atoms. The smallest absolute Gasteiger partial charge is 0.427 e. The van der Waals surface area contributed by atoms with E-state index in [0.29, 0.717) is 11.3 Å². The van der Waals surface area contributed by atoms with Crippen molar-refractivity contribution in [2.45, 2.75) is 25.6 Å². The average Bonchev–Trinajstić information content (AvgIpc) is 2.92. The summed E-state index contributed by atoms with van der Waals surface area (Å²) in [6.07, 6.45) is -1.95. The van der Waals surface area contributed by atoms with Crippen molar-refractivity contribution in [1.29, 1.82) is 0 Å². The number of nitrogens with one attached hydrogen (secondary N) is 4. The molecule has 5 N–H and O–H groups in total. The number of para-hydroxylation sites is 1. The van der Waals surface area contributed by atoms with Crippen LogP contribution in [0.4, 0.5) is 21.0 Å². The van der Waals surface area contributed by atoms with E-state index < -0.39 is 54.5 Å². The predicted octanol–water partition coefficient (Wildman–Crippen LogP) is 1.01. The molecule has 0 heterocycles. The Labute approximate surface area is 228 Å². The summed E-state index contributed by atoms with van der Waals surface area (Å²) in [5.74, 6) is -4.09. The quantitative estimate of drug-likeness (QED) is 0.116. The summed E-state index contributed by atoms with van der Waals surface area (Å²) in [6.45, 7) is 1.10. The normalized spacial score (nSPS) is 11.9. The van der Waals surface area contributed by atoms with Crippen LogP contribution in [0.2, 0.25) is 0 Å². The second-order valence-corrected chi connectivity index (χ2v) is 7.90. The fourth-order valence-electron chi connectivity index (χ4n) is 3.27. The second kappa shape index (κ2) is 15.1. The molecule has 2 aromatic carbocycles. The van der Waals surface area contributed by atoms with E-state index in [-0.39, 0.29) is 5.69 Å². The van der Waals surface area contributed by atoms with Crippen molar-refractivity contribution in [3.8, 4) is 0 Å². The van der Waals surface area contributed by atoms with E-state index in [9.17, 15) is 33.9 Å². The molecule has 0 saturated carbocycles. The molecule has 2 atom stereocenters. The zero-order valence-electron chi connectivity index (χ0n) is 21.7. The topological polar surface area (TPSA) is 205 Å². The highest BCUT2D eigenvalue weighted by atomic mass is 16.5. The molecular weight excluding hydrogens is 528 g/mol. The van der Waals surface area contributed by atoms with Crippen molar-refractivity contribution in [3.05, 3.63) is 60.2 Å². The van der Waals surface area contributed by atoms with E-state index in [0.717, 1.165) is 18.9 Å². The largest absolute Gasteiger partial charge is 0.481 e. The number of benzene rings is 2. The van der Waals surface area contributed by atoms with Gasteiger partial charge in [0.05, 0.1) is 26.9 Å². The molecule has 0 spiro atoms. The van der Waals surface area contributed by atoms with E-state index in [4.69, 9.17) is 4.74 Å². The van der Waals surface area contributed by atoms with Crippen molar-refractivity contribution >= 4 is 53.5 Å². The highest BCUT2D eigenvalue weighted by Gasteiger charge is 2.38. The lowest BCUT2D eigenvalue weighted by molar-refractivity contribution is -0.144. The van der Waals surface area contributed by atoms with Crippen LogP contribution in [0.5, 0.6) is 0 Å². The van der Waals surface area contributed by atoms with Crippen molar-refractivity contribution in [3.63, 3.8) is 0 Å². The van der Waals surface area contributed by atoms with E-state index >= 15 is 0 Å². The van der Waals surface area contributed by atoms with Crippen molar-refractivity contribution in [2.24, 2.45) is 5.10 Å². The molecule has 0 unspecified atom stereocenters. The SMILES string of the molecule is COC(=O)NN=Cc1ccc(NC(=O)N[C@@H](C(=O)OC)N(C(=O)[C@H](CC(=O)O)NC(C)=O)c2ccccc2)cc1. The molecule has 0 fully saturated rings. The molecular formula is C25H28N6O9. The number of amides is 5. The Bertz CT molecular complexity index is 1240. The monoisotopic (exact) mass is 556 g/mol. The molecule has 0 aromatic heterocycles. The van der Waals surface area contributed by atoms with Crippen LogP contribution in [0, 0.1) is 0 Å². The first-order valence-corrected chi connectivity index (χ1v) is 11.5. The molecule has 2 aromatic rings. The molecule has 0 aliphatic heterocycles. The molecule has 5 amide bonds. The number of carbonyl (C=O) groups is 6. The minimum Gasteiger partial charge on any atom is -0.481 e. The number of ether oxygens (including phenoxy) is 2. The highest BCUT2D eigenvalue weighted by Crippen LogP contribution is 2.19. The first kappa shape index (κ1) is 30.8. The van der Waals surface area contributed by atoms with Gasteiger partial charge in [0.1, 0.15) is 6.04 Å².